The Morgan fingerprint density at radius 2 is 1.94 bits per heavy atom. The molecule has 0 aromatic heterocycles. The van der Waals surface area contributed by atoms with Gasteiger partial charge in [0.1, 0.15) is 0 Å². The molecular weight excluding hydrogens is 216 g/mol. The zero-order valence-electron chi connectivity index (χ0n) is 11.5. The second-order valence-corrected chi connectivity index (χ2v) is 5.11. The highest BCUT2D eigenvalue weighted by Gasteiger charge is 2.21. The third-order valence-corrected chi connectivity index (χ3v) is 2.92. The molecule has 1 amide bonds. The average molecular weight is 244 g/mol. The summed E-state index contributed by atoms with van der Waals surface area (Å²) < 4.78 is 0. The van der Waals surface area contributed by atoms with Crippen LogP contribution in [0.15, 0.2) is 0 Å². The topological polar surface area (TPSA) is 66.6 Å². The zero-order valence-corrected chi connectivity index (χ0v) is 11.5. The van der Waals surface area contributed by atoms with Crippen LogP contribution in [-0.2, 0) is 4.79 Å². The van der Waals surface area contributed by atoms with E-state index in [9.17, 15) is 4.79 Å². The number of amides is 1. The molecule has 0 radical (unpaired) electrons. The smallest absolute Gasteiger partial charge is 0.226 e. The van der Waals surface area contributed by atoms with Crippen molar-refractivity contribution >= 4 is 5.91 Å². The molecule has 1 atom stereocenters. The first-order valence-electron chi connectivity index (χ1n) is 6.58. The van der Waals surface area contributed by atoms with Crippen LogP contribution in [-0.4, -0.2) is 42.7 Å². The molecule has 0 aliphatic rings. The molecule has 0 heterocycles. The van der Waals surface area contributed by atoms with Crippen molar-refractivity contribution in [3.63, 3.8) is 0 Å². The van der Waals surface area contributed by atoms with Gasteiger partial charge >= 0.3 is 0 Å². The summed E-state index contributed by atoms with van der Waals surface area (Å²) in [6, 6.07) is 0. The van der Waals surface area contributed by atoms with Crippen LogP contribution in [0.2, 0.25) is 0 Å². The minimum Gasteiger partial charge on any atom is -0.396 e. The van der Waals surface area contributed by atoms with Gasteiger partial charge in [-0.05, 0) is 31.6 Å². The van der Waals surface area contributed by atoms with Gasteiger partial charge in [-0.25, -0.2) is 0 Å². The molecule has 0 saturated carbocycles. The zero-order chi connectivity index (χ0) is 13.3. The number of carbonyl (C=O) groups is 1. The minimum atomic E-state index is -0.0437. The van der Waals surface area contributed by atoms with Crippen LogP contribution < -0.4 is 5.73 Å². The van der Waals surface area contributed by atoms with Crippen molar-refractivity contribution in [2.24, 2.45) is 17.6 Å². The predicted octanol–water partition coefficient (Wildman–Crippen LogP) is 1.23. The summed E-state index contributed by atoms with van der Waals surface area (Å²) in [5, 5.41) is 8.67. The molecule has 0 saturated heterocycles. The second-order valence-electron chi connectivity index (χ2n) is 5.11. The number of aliphatic hydroxyl groups is 1. The maximum Gasteiger partial charge on any atom is 0.226 e. The van der Waals surface area contributed by atoms with Gasteiger partial charge in [-0.3, -0.25) is 4.79 Å². The van der Waals surface area contributed by atoms with Crippen molar-refractivity contribution < 1.29 is 9.90 Å². The molecule has 102 valence electrons. The first-order valence-corrected chi connectivity index (χ1v) is 6.58. The van der Waals surface area contributed by atoms with Crippen LogP contribution >= 0.6 is 0 Å². The first-order chi connectivity index (χ1) is 8.02. The molecule has 3 N–H and O–H groups in total. The van der Waals surface area contributed by atoms with Gasteiger partial charge in [-0.1, -0.05) is 13.8 Å². The molecule has 0 aromatic carbocycles. The maximum absolute atomic E-state index is 12.1. The van der Waals surface area contributed by atoms with Crippen molar-refractivity contribution in [2.45, 2.75) is 39.5 Å². The van der Waals surface area contributed by atoms with Gasteiger partial charge in [0, 0.05) is 26.7 Å². The largest absolute Gasteiger partial charge is 0.396 e. The molecular formula is C13H28N2O2. The van der Waals surface area contributed by atoms with Crippen molar-refractivity contribution in [3.8, 4) is 0 Å². The SMILES string of the molecule is CC(C)CC(CN)C(=O)N(C)CCCCCO. The summed E-state index contributed by atoms with van der Waals surface area (Å²) in [7, 11) is 1.84. The number of hydrogen-bond acceptors (Lipinski definition) is 3. The van der Waals surface area contributed by atoms with E-state index in [1.54, 1.807) is 4.90 Å². The van der Waals surface area contributed by atoms with Gasteiger partial charge in [0.15, 0.2) is 0 Å². The maximum atomic E-state index is 12.1. The summed E-state index contributed by atoms with van der Waals surface area (Å²) in [5.74, 6) is 0.610. The van der Waals surface area contributed by atoms with Crippen molar-refractivity contribution in [2.75, 3.05) is 26.7 Å². The van der Waals surface area contributed by atoms with Crippen LogP contribution in [0.4, 0.5) is 0 Å². The number of rotatable bonds is 9. The summed E-state index contributed by atoms with van der Waals surface area (Å²) >= 11 is 0. The Kier molecular flexibility index (Phi) is 9.09. The highest BCUT2D eigenvalue weighted by molar-refractivity contribution is 5.78. The summed E-state index contributed by atoms with van der Waals surface area (Å²) in [4.78, 5) is 13.8. The molecule has 17 heavy (non-hydrogen) atoms. The van der Waals surface area contributed by atoms with Gasteiger partial charge < -0.3 is 15.7 Å². The van der Waals surface area contributed by atoms with Gasteiger partial charge in [-0.15, -0.1) is 0 Å². The molecule has 0 fully saturated rings. The fourth-order valence-corrected chi connectivity index (χ4v) is 1.93. The van der Waals surface area contributed by atoms with Crippen molar-refractivity contribution in [1.29, 1.82) is 0 Å². The molecule has 1 unspecified atom stereocenters. The third-order valence-electron chi connectivity index (χ3n) is 2.92. The van der Waals surface area contributed by atoms with Gasteiger partial charge in [0.25, 0.3) is 0 Å². The Balaban J connectivity index is 3.99. The molecule has 0 spiro atoms. The van der Waals surface area contributed by atoms with Gasteiger partial charge in [0.05, 0.1) is 5.92 Å². The van der Waals surface area contributed by atoms with E-state index in [0.29, 0.717) is 12.5 Å². The lowest BCUT2D eigenvalue weighted by molar-refractivity contribution is -0.134. The average Bonchev–Trinajstić information content (AvgIpc) is 2.30. The Labute approximate surface area is 105 Å². The minimum absolute atomic E-state index is 0.0437. The summed E-state index contributed by atoms with van der Waals surface area (Å²) in [6.07, 6.45) is 3.58. The normalized spacial score (nSPS) is 12.8. The van der Waals surface area contributed by atoms with E-state index >= 15 is 0 Å². The highest BCUT2D eigenvalue weighted by Crippen LogP contribution is 2.13. The molecule has 0 rings (SSSR count). The van der Waals surface area contributed by atoms with Crippen molar-refractivity contribution in [3.05, 3.63) is 0 Å². The summed E-state index contributed by atoms with van der Waals surface area (Å²) in [5.41, 5.74) is 5.66. The summed E-state index contributed by atoms with van der Waals surface area (Å²) in [6.45, 7) is 5.64. The predicted molar refractivity (Wildman–Crippen MR) is 70.6 cm³/mol. The molecule has 0 aromatic rings. The van der Waals surface area contributed by atoms with E-state index in [2.05, 4.69) is 13.8 Å². The number of hydrogen-bond donors (Lipinski definition) is 2. The molecule has 0 bridgehead atoms. The Hall–Kier alpha value is -0.610. The monoisotopic (exact) mass is 244 g/mol. The van der Waals surface area contributed by atoms with E-state index in [4.69, 9.17) is 10.8 Å². The molecule has 0 aliphatic carbocycles. The molecule has 0 aliphatic heterocycles. The first kappa shape index (κ1) is 16.4. The van der Waals surface area contributed by atoms with E-state index < -0.39 is 0 Å². The number of nitrogens with zero attached hydrogens (tertiary/aromatic N) is 1. The Morgan fingerprint density at radius 1 is 1.29 bits per heavy atom. The lowest BCUT2D eigenvalue weighted by Crippen LogP contribution is -2.37. The number of unbranched alkanes of at least 4 members (excludes halogenated alkanes) is 2. The third kappa shape index (κ3) is 7.34. The van der Waals surface area contributed by atoms with E-state index in [1.165, 1.54) is 0 Å². The van der Waals surface area contributed by atoms with Crippen LogP contribution in [0.3, 0.4) is 0 Å². The lowest BCUT2D eigenvalue weighted by atomic mass is 9.96. The Bertz CT molecular complexity index is 208. The quantitative estimate of drug-likeness (QED) is 0.599. The molecule has 4 heteroatoms. The van der Waals surface area contributed by atoms with Crippen LogP contribution in [0.1, 0.15) is 39.5 Å². The lowest BCUT2D eigenvalue weighted by Gasteiger charge is -2.24. The van der Waals surface area contributed by atoms with Crippen molar-refractivity contribution in [1.82, 2.24) is 4.90 Å². The van der Waals surface area contributed by atoms with Crippen LogP contribution in [0.5, 0.6) is 0 Å². The standard InChI is InChI=1S/C13H28N2O2/c1-11(2)9-12(10-14)13(17)15(3)7-5-4-6-8-16/h11-12,16H,4-10,14H2,1-3H3. The fraction of sp³-hybridized carbons (Fsp3) is 0.923. The van der Waals surface area contributed by atoms with E-state index in [-0.39, 0.29) is 18.4 Å². The van der Waals surface area contributed by atoms with E-state index in [1.807, 2.05) is 7.05 Å². The van der Waals surface area contributed by atoms with E-state index in [0.717, 1.165) is 32.2 Å². The van der Waals surface area contributed by atoms with Gasteiger partial charge in [0.2, 0.25) is 5.91 Å². The van der Waals surface area contributed by atoms with Gasteiger partial charge in [-0.2, -0.15) is 0 Å². The Morgan fingerprint density at radius 3 is 2.41 bits per heavy atom. The van der Waals surface area contributed by atoms with Crippen LogP contribution in [0.25, 0.3) is 0 Å². The van der Waals surface area contributed by atoms with Crippen LogP contribution in [0, 0.1) is 11.8 Å². The number of nitrogens with two attached hydrogens (primary N) is 1. The number of carbonyl (C=O) groups excluding carboxylic acids is 1. The highest BCUT2D eigenvalue weighted by atomic mass is 16.2. The second kappa shape index (κ2) is 9.42. The number of aliphatic hydroxyl groups excluding tert-OH is 1. The molecule has 4 nitrogen and oxygen atoms in total. The fourth-order valence-electron chi connectivity index (χ4n) is 1.93.